The number of halogens is 1. The number of methoxy groups -OCH3 is 1. The zero-order chi connectivity index (χ0) is 27.2. The van der Waals surface area contributed by atoms with E-state index < -0.39 is 28.5 Å². The molecule has 0 radical (unpaired) electrons. The van der Waals surface area contributed by atoms with Crippen molar-refractivity contribution in [1.82, 2.24) is 10.2 Å². The highest BCUT2D eigenvalue weighted by atomic mass is 79.9. The molecule has 1 N–H and O–H groups in total. The molecule has 1 atom stereocenters. The Kier molecular flexibility index (Phi) is 10.0. The topological polar surface area (TPSA) is 96.0 Å². The number of anilines is 1. The molecule has 202 valence electrons. The minimum absolute atomic E-state index is 0.0933. The number of aryl methyl sites for hydroxylation is 1. The van der Waals surface area contributed by atoms with Crippen molar-refractivity contribution < 1.29 is 22.7 Å². The lowest BCUT2D eigenvalue weighted by Gasteiger charge is -2.33. The van der Waals surface area contributed by atoms with Crippen molar-refractivity contribution in [2.24, 2.45) is 0 Å². The van der Waals surface area contributed by atoms with E-state index in [4.69, 9.17) is 4.74 Å². The van der Waals surface area contributed by atoms with Gasteiger partial charge in [0.15, 0.2) is 0 Å². The monoisotopic (exact) mass is 593 g/mol. The van der Waals surface area contributed by atoms with E-state index in [1.807, 2.05) is 19.1 Å². The molecule has 1 aliphatic rings. The standard InChI is InChI=1S/C27H36BrN3O5S/c1-19-15-23(13-14-25(19)28)31(37(4,34)35)18-26(32)30(17-21-9-8-12-24(16-21)36-3)20(2)27(33)29-22-10-6-5-7-11-22/h8-9,12-16,20,22H,5-7,10-11,17-18H2,1-4H3,(H,29,33). The molecule has 0 aliphatic heterocycles. The summed E-state index contributed by atoms with van der Waals surface area (Å²) >= 11 is 3.43. The van der Waals surface area contributed by atoms with Crippen molar-refractivity contribution in [3.8, 4) is 5.75 Å². The number of hydrogen-bond donors (Lipinski definition) is 1. The molecule has 2 aromatic rings. The number of carbonyl (C=O) groups excluding carboxylic acids is 2. The summed E-state index contributed by atoms with van der Waals surface area (Å²) in [5.74, 6) is -0.0824. The number of ether oxygens (including phenoxy) is 1. The van der Waals surface area contributed by atoms with Crippen molar-refractivity contribution >= 4 is 43.5 Å². The maximum atomic E-state index is 13.7. The molecule has 0 saturated heterocycles. The molecule has 0 heterocycles. The molecule has 2 aromatic carbocycles. The number of carbonyl (C=O) groups is 2. The second-order valence-electron chi connectivity index (χ2n) is 9.60. The summed E-state index contributed by atoms with van der Waals surface area (Å²) in [7, 11) is -2.22. The van der Waals surface area contributed by atoms with E-state index in [0.29, 0.717) is 11.4 Å². The molecule has 1 unspecified atom stereocenters. The predicted molar refractivity (Wildman–Crippen MR) is 149 cm³/mol. The number of benzene rings is 2. The summed E-state index contributed by atoms with van der Waals surface area (Å²) in [5, 5.41) is 3.10. The van der Waals surface area contributed by atoms with Crippen LogP contribution in [0.5, 0.6) is 5.75 Å². The lowest BCUT2D eigenvalue weighted by atomic mass is 9.95. The van der Waals surface area contributed by atoms with Gasteiger partial charge in [-0.1, -0.05) is 47.3 Å². The molecule has 37 heavy (non-hydrogen) atoms. The van der Waals surface area contributed by atoms with Crippen LogP contribution in [0.1, 0.15) is 50.2 Å². The molecule has 3 rings (SSSR count). The Hall–Kier alpha value is -2.59. The van der Waals surface area contributed by atoms with Crippen LogP contribution in [-0.2, 0) is 26.2 Å². The highest BCUT2D eigenvalue weighted by Crippen LogP contribution is 2.25. The van der Waals surface area contributed by atoms with E-state index in [1.165, 1.54) is 11.3 Å². The minimum atomic E-state index is -3.78. The summed E-state index contributed by atoms with van der Waals surface area (Å²) in [5.41, 5.74) is 2.00. The minimum Gasteiger partial charge on any atom is -0.497 e. The zero-order valence-corrected chi connectivity index (χ0v) is 24.3. The van der Waals surface area contributed by atoms with Crippen LogP contribution in [0.2, 0.25) is 0 Å². The van der Waals surface area contributed by atoms with Crippen molar-refractivity contribution in [1.29, 1.82) is 0 Å². The van der Waals surface area contributed by atoms with Crippen molar-refractivity contribution in [3.63, 3.8) is 0 Å². The van der Waals surface area contributed by atoms with E-state index >= 15 is 0 Å². The van der Waals surface area contributed by atoms with E-state index in [9.17, 15) is 18.0 Å². The first-order valence-corrected chi connectivity index (χ1v) is 15.1. The third kappa shape index (κ3) is 7.95. The lowest BCUT2D eigenvalue weighted by molar-refractivity contribution is -0.139. The first-order valence-electron chi connectivity index (χ1n) is 12.5. The summed E-state index contributed by atoms with van der Waals surface area (Å²) in [4.78, 5) is 28.4. The van der Waals surface area contributed by atoms with Crippen LogP contribution in [0.3, 0.4) is 0 Å². The van der Waals surface area contributed by atoms with Crippen LogP contribution in [0.15, 0.2) is 46.9 Å². The van der Waals surface area contributed by atoms with Crippen molar-refractivity contribution in [2.75, 3.05) is 24.2 Å². The normalized spacial score (nSPS) is 15.1. The molecule has 8 nitrogen and oxygen atoms in total. The van der Waals surface area contributed by atoms with Crippen molar-refractivity contribution in [3.05, 3.63) is 58.1 Å². The largest absolute Gasteiger partial charge is 0.497 e. The van der Waals surface area contributed by atoms with E-state index in [1.54, 1.807) is 44.4 Å². The van der Waals surface area contributed by atoms with Gasteiger partial charge in [-0.15, -0.1) is 0 Å². The van der Waals surface area contributed by atoms with Gasteiger partial charge in [0, 0.05) is 17.1 Å². The third-order valence-electron chi connectivity index (χ3n) is 6.71. The molecule has 0 bridgehead atoms. The second-order valence-corrected chi connectivity index (χ2v) is 12.4. The molecule has 1 saturated carbocycles. The van der Waals surface area contributed by atoms with Gasteiger partial charge in [-0.25, -0.2) is 8.42 Å². The quantitative estimate of drug-likeness (QED) is 0.440. The number of nitrogens with one attached hydrogen (secondary N) is 1. The van der Waals surface area contributed by atoms with Gasteiger partial charge < -0.3 is 15.0 Å². The fourth-order valence-corrected chi connectivity index (χ4v) is 5.60. The number of hydrogen-bond acceptors (Lipinski definition) is 5. The lowest BCUT2D eigenvalue weighted by Crippen LogP contribution is -2.53. The summed E-state index contributed by atoms with van der Waals surface area (Å²) in [6, 6.07) is 11.7. The van der Waals surface area contributed by atoms with Gasteiger partial charge in [0.2, 0.25) is 21.8 Å². The van der Waals surface area contributed by atoms with Crippen LogP contribution in [0.25, 0.3) is 0 Å². The number of nitrogens with zero attached hydrogens (tertiary/aromatic N) is 2. The van der Waals surface area contributed by atoms with Gasteiger partial charge in [0.05, 0.1) is 19.1 Å². The van der Waals surface area contributed by atoms with E-state index in [0.717, 1.165) is 51.8 Å². The number of amides is 2. The summed E-state index contributed by atoms with van der Waals surface area (Å²) < 4.78 is 32.7. The second kappa shape index (κ2) is 12.8. The third-order valence-corrected chi connectivity index (χ3v) is 8.74. The molecule has 0 spiro atoms. The molecule has 0 aromatic heterocycles. The van der Waals surface area contributed by atoms with Gasteiger partial charge >= 0.3 is 0 Å². The highest BCUT2D eigenvalue weighted by molar-refractivity contribution is 9.10. The zero-order valence-electron chi connectivity index (χ0n) is 21.9. The van der Waals surface area contributed by atoms with Crippen LogP contribution >= 0.6 is 15.9 Å². The molecular weight excluding hydrogens is 558 g/mol. The van der Waals surface area contributed by atoms with Gasteiger partial charge in [-0.05, 0) is 68.1 Å². The predicted octanol–water partition coefficient (Wildman–Crippen LogP) is 4.40. The van der Waals surface area contributed by atoms with Gasteiger partial charge in [0.1, 0.15) is 18.3 Å². The Morgan fingerprint density at radius 3 is 2.46 bits per heavy atom. The first-order chi connectivity index (χ1) is 17.5. The number of sulfonamides is 1. The molecular formula is C27H36BrN3O5S. The molecule has 1 fully saturated rings. The maximum absolute atomic E-state index is 13.7. The summed E-state index contributed by atoms with van der Waals surface area (Å²) in [6.07, 6.45) is 6.23. The Bertz CT molecular complexity index is 1210. The average Bonchev–Trinajstić information content (AvgIpc) is 2.87. The fourth-order valence-electron chi connectivity index (χ4n) is 4.52. The Morgan fingerprint density at radius 2 is 1.84 bits per heavy atom. The maximum Gasteiger partial charge on any atom is 0.244 e. The van der Waals surface area contributed by atoms with Crippen LogP contribution in [0.4, 0.5) is 5.69 Å². The SMILES string of the molecule is COc1cccc(CN(C(=O)CN(c2ccc(Br)c(C)c2)S(C)(=O)=O)C(C)C(=O)NC2CCCCC2)c1. The number of rotatable bonds is 10. The summed E-state index contributed by atoms with van der Waals surface area (Å²) in [6.45, 7) is 3.24. The Morgan fingerprint density at radius 1 is 1.14 bits per heavy atom. The average molecular weight is 595 g/mol. The van der Waals surface area contributed by atoms with E-state index in [2.05, 4.69) is 21.2 Å². The Balaban J connectivity index is 1.89. The van der Waals surface area contributed by atoms with Crippen LogP contribution < -0.4 is 14.4 Å². The van der Waals surface area contributed by atoms with E-state index in [-0.39, 0.29) is 18.5 Å². The Labute approximate surface area is 228 Å². The van der Waals surface area contributed by atoms with Crippen LogP contribution in [0, 0.1) is 6.92 Å². The van der Waals surface area contributed by atoms with Gasteiger partial charge in [-0.3, -0.25) is 13.9 Å². The molecule has 1 aliphatic carbocycles. The van der Waals surface area contributed by atoms with Gasteiger partial charge in [-0.2, -0.15) is 0 Å². The fraction of sp³-hybridized carbons (Fsp3) is 0.481. The molecule has 10 heteroatoms. The smallest absolute Gasteiger partial charge is 0.244 e. The highest BCUT2D eigenvalue weighted by Gasteiger charge is 2.31. The van der Waals surface area contributed by atoms with Gasteiger partial charge in [0.25, 0.3) is 0 Å². The van der Waals surface area contributed by atoms with Crippen LogP contribution in [-0.4, -0.2) is 57.1 Å². The van der Waals surface area contributed by atoms with Crippen molar-refractivity contribution in [2.45, 2.75) is 64.6 Å². The first kappa shape index (κ1) is 29.0. The molecule has 2 amide bonds.